The van der Waals surface area contributed by atoms with Gasteiger partial charge in [-0.25, -0.2) is 4.79 Å². The van der Waals surface area contributed by atoms with Crippen molar-refractivity contribution in [3.05, 3.63) is 59.7 Å². The van der Waals surface area contributed by atoms with Gasteiger partial charge in [-0.1, -0.05) is 74.7 Å². The molecule has 2 amide bonds. The Morgan fingerprint density at radius 1 is 1.09 bits per heavy atom. The standard InChI is InChI=1S/C28H34N2O5/c1-3-4-14-23(25(31)30-24-15-9-16-28(24,2)26(32)33)29-27(34)35-17-22-20-12-7-5-10-18(20)19-11-6-8-13-21(19)22/h5-8,10-13,22-24H,3-4,9,14-17H2,1-2H3,(H,29,34)(H,30,31)(H,32,33). The minimum atomic E-state index is -0.991. The van der Waals surface area contributed by atoms with Crippen molar-refractivity contribution in [1.82, 2.24) is 10.6 Å². The second-order valence-corrected chi connectivity index (χ2v) is 9.84. The molecule has 1 saturated carbocycles. The predicted octanol–water partition coefficient (Wildman–Crippen LogP) is 4.84. The number of carbonyl (C=O) groups excluding carboxylic acids is 2. The lowest BCUT2D eigenvalue weighted by atomic mass is 9.84. The molecular formula is C28H34N2O5. The molecule has 0 heterocycles. The Kier molecular flexibility index (Phi) is 7.43. The zero-order chi connectivity index (χ0) is 25.0. The van der Waals surface area contributed by atoms with E-state index in [0.29, 0.717) is 19.3 Å². The summed E-state index contributed by atoms with van der Waals surface area (Å²) in [6, 6.07) is 15.0. The lowest BCUT2D eigenvalue weighted by molar-refractivity contribution is -0.149. The molecule has 3 atom stereocenters. The molecule has 0 saturated heterocycles. The molecule has 0 radical (unpaired) electrons. The second-order valence-electron chi connectivity index (χ2n) is 9.84. The fourth-order valence-corrected chi connectivity index (χ4v) is 5.39. The average Bonchev–Trinajstić information content (AvgIpc) is 3.39. The summed E-state index contributed by atoms with van der Waals surface area (Å²) in [4.78, 5) is 37.6. The van der Waals surface area contributed by atoms with E-state index in [4.69, 9.17) is 4.74 Å². The van der Waals surface area contributed by atoms with Gasteiger partial charge in [0.15, 0.2) is 0 Å². The second kappa shape index (κ2) is 10.5. The van der Waals surface area contributed by atoms with Crippen molar-refractivity contribution >= 4 is 18.0 Å². The van der Waals surface area contributed by atoms with Crippen molar-refractivity contribution in [2.24, 2.45) is 5.41 Å². The van der Waals surface area contributed by atoms with E-state index in [9.17, 15) is 19.5 Å². The maximum atomic E-state index is 13.1. The van der Waals surface area contributed by atoms with Crippen LogP contribution in [0, 0.1) is 5.41 Å². The van der Waals surface area contributed by atoms with Crippen LogP contribution in [0.2, 0.25) is 0 Å². The molecule has 0 bridgehead atoms. The van der Waals surface area contributed by atoms with Gasteiger partial charge >= 0.3 is 12.1 Å². The molecule has 7 heteroatoms. The summed E-state index contributed by atoms with van der Waals surface area (Å²) in [5.74, 6) is -1.33. The van der Waals surface area contributed by atoms with Crippen molar-refractivity contribution in [2.75, 3.05) is 6.61 Å². The van der Waals surface area contributed by atoms with Crippen molar-refractivity contribution in [3.8, 4) is 11.1 Å². The third-order valence-corrected chi connectivity index (χ3v) is 7.56. The number of nitrogens with one attached hydrogen (secondary N) is 2. The van der Waals surface area contributed by atoms with Crippen molar-refractivity contribution < 1.29 is 24.2 Å². The molecule has 35 heavy (non-hydrogen) atoms. The molecule has 2 aliphatic carbocycles. The van der Waals surface area contributed by atoms with Crippen LogP contribution < -0.4 is 10.6 Å². The van der Waals surface area contributed by atoms with Crippen LogP contribution in [0.25, 0.3) is 11.1 Å². The summed E-state index contributed by atoms with van der Waals surface area (Å²) in [6.45, 7) is 3.86. The van der Waals surface area contributed by atoms with Crippen LogP contribution in [0.5, 0.6) is 0 Å². The first kappa shape index (κ1) is 24.8. The van der Waals surface area contributed by atoms with Gasteiger partial charge in [0.25, 0.3) is 0 Å². The Morgan fingerprint density at radius 2 is 1.71 bits per heavy atom. The number of fused-ring (bicyclic) bond motifs is 3. The summed E-state index contributed by atoms with van der Waals surface area (Å²) in [6.07, 6.45) is 3.31. The Labute approximate surface area is 206 Å². The van der Waals surface area contributed by atoms with E-state index in [1.165, 1.54) is 0 Å². The van der Waals surface area contributed by atoms with Crippen LogP contribution in [0.3, 0.4) is 0 Å². The summed E-state index contributed by atoms with van der Waals surface area (Å²) >= 11 is 0. The molecule has 2 aromatic carbocycles. The summed E-state index contributed by atoms with van der Waals surface area (Å²) in [5, 5.41) is 15.3. The number of carboxylic acid groups (broad SMARTS) is 1. The molecule has 4 rings (SSSR count). The molecule has 1 fully saturated rings. The lowest BCUT2D eigenvalue weighted by Gasteiger charge is -2.29. The Hall–Kier alpha value is -3.35. The first-order chi connectivity index (χ1) is 16.8. The van der Waals surface area contributed by atoms with Gasteiger partial charge in [-0.05, 0) is 48.4 Å². The molecule has 0 aromatic heterocycles. The highest BCUT2D eigenvalue weighted by molar-refractivity contribution is 5.87. The number of benzene rings is 2. The fourth-order valence-electron chi connectivity index (χ4n) is 5.39. The summed E-state index contributed by atoms with van der Waals surface area (Å²) < 4.78 is 5.63. The minimum absolute atomic E-state index is 0.0640. The smallest absolute Gasteiger partial charge is 0.407 e. The summed E-state index contributed by atoms with van der Waals surface area (Å²) in [5.41, 5.74) is 3.55. The maximum absolute atomic E-state index is 13.1. The molecule has 7 nitrogen and oxygen atoms in total. The van der Waals surface area contributed by atoms with Crippen LogP contribution >= 0.6 is 0 Å². The van der Waals surface area contributed by atoms with E-state index in [2.05, 4.69) is 34.9 Å². The van der Waals surface area contributed by atoms with Gasteiger partial charge in [-0.15, -0.1) is 0 Å². The highest BCUT2D eigenvalue weighted by atomic mass is 16.5. The number of ether oxygens (including phenoxy) is 1. The van der Waals surface area contributed by atoms with Crippen LogP contribution in [0.1, 0.15) is 69.4 Å². The molecule has 3 unspecified atom stereocenters. The van der Waals surface area contributed by atoms with E-state index < -0.39 is 29.6 Å². The molecular weight excluding hydrogens is 444 g/mol. The Bertz CT molecular complexity index is 1050. The number of hydrogen-bond acceptors (Lipinski definition) is 4. The first-order valence-corrected chi connectivity index (χ1v) is 12.5. The Morgan fingerprint density at radius 3 is 2.31 bits per heavy atom. The van der Waals surface area contributed by atoms with Crippen LogP contribution in [-0.2, 0) is 14.3 Å². The molecule has 0 spiro atoms. The summed E-state index contributed by atoms with van der Waals surface area (Å²) in [7, 11) is 0. The van der Waals surface area contributed by atoms with E-state index in [0.717, 1.165) is 41.5 Å². The molecule has 186 valence electrons. The SMILES string of the molecule is CCCCC(NC(=O)OCC1c2ccccc2-c2ccccc21)C(=O)NC1CCCC1(C)C(=O)O. The minimum Gasteiger partial charge on any atom is -0.481 e. The predicted molar refractivity (Wildman–Crippen MR) is 133 cm³/mol. The van der Waals surface area contributed by atoms with Gasteiger partial charge in [-0.2, -0.15) is 0 Å². The van der Waals surface area contributed by atoms with E-state index >= 15 is 0 Å². The van der Waals surface area contributed by atoms with Gasteiger partial charge in [0.1, 0.15) is 12.6 Å². The molecule has 2 aromatic rings. The number of unbranched alkanes of at least 4 members (excludes halogenated alkanes) is 1. The molecule has 3 N–H and O–H groups in total. The number of carbonyl (C=O) groups is 3. The lowest BCUT2D eigenvalue weighted by Crippen LogP contribution is -2.54. The van der Waals surface area contributed by atoms with Gasteiger partial charge in [0, 0.05) is 12.0 Å². The van der Waals surface area contributed by atoms with Crippen molar-refractivity contribution in [3.63, 3.8) is 0 Å². The number of alkyl carbamates (subject to hydrolysis) is 1. The van der Waals surface area contributed by atoms with Crippen LogP contribution in [0.4, 0.5) is 4.79 Å². The number of aliphatic carboxylic acids is 1. The average molecular weight is 479 g/mol. The zero-order valence-corrected chi connectivity index (χ0v) is 20.4. The van der Waals surface area contributed by atoms with Crippen LogP contribution in [0.15, 0.2) is 48.5 Å². The van der Waals surface area contributed by atoms with E-state index in [1.54, 1.807) is 6.92 Å². The third kappa shape index (κ3) is 5.04. The van der Waals surface area contributed by atoms with E-state index in [1.807, 2.05) is 31.2 Å². The van der Waals surface area contributed by atoms with Gasteiger partial charge in [0.2, 0.25) is 5.91 Å². The third-order valence-electron chi connectivity index (χ3n) is 7.56. The monoisotopic (exact) mass is 478 g/mol. The zero-order valence-electron chi connectivity index (χ0n) is 20.4. The normalized spacial score (nSPS) is 21.6. The molecule has 2 aliphatic rings. The number of rotatable bonds is 9. The van der Waals surface area contributed by atoms with Gasteiger partial charge < -0.3 is 20.5 Å². The first-order valence-electron chi connectivity index (χ1n) is 12.5. The maximum Gasteiger partial charge on any atom is 0.407 e. The molecule has 0 aliphatic heterocycles. The quantitative estimate of drug-likeness (QED) is 0.478. The van der Waals surface area contributed by atoms with Crippen molar-refractivity contribution in [1.29, 1.82) is 0 Å². The largest absolute Gasteiger partial charge is 0.481 e. The Balaban J connectivity index is 1.40. The number of hydrogen-bond donors (Lipinski definition) is 3. The highest BCUT2D eigenvalue weighted by Crippen LogP contribution is 2.44. The van der Waals surface area contributed by atoms with E-state index in [-0.39, 0.29) is 18.4 Å². The number of amides is 2. The van der Waals surface area contributed by atoms with Gasteiger partial charge in [0.05, 0.1) is 5.41 Å². The highest BCUT2D eigenvalue weighted by Gasteiger charge is 2.46. The van der Waals surface area contributed by atoms with Crippen LogP contribution in [-0.4, -0.2) is 41.8 Å². The topological polar surface area (TPSA) is 105 Å². The fraction of sp³-hybridized carbons (Fsp3) is 0.464. The number of carboxylic acids is 1. The van der Waals surface area contributed by atoms with Crippen molar-refractivity contribution in [2.45, 2.75) is 70.4 Å². The van der Waals surface area contributed by atoms with Gasteiger partial charge in [-0.3, -0.25) is 9.59 Å².